The fraction of sp³-hybridized carbons (Fsp3) is 0.700. The number of hydrogen-bond acceptors (Lipinski definition) is 1. The van der Waals surface area contributed by atoms with Crippen molar-refractivity contribution < 1.29 is 4.74 Å². The molecule has 0 unspecified atom stereocenters. The summed E-state index contributed by atoms with van der Waals surface area (Å²) in [4.78, 5) is 0. The molecule has 0 aliphatic heterocycles. The van der Waals surface area contributed by atoms with Gasteiger partial charge in [0.1, 0.15) is 5.75 Å². The molecule has 0 heterocycles. The van der Waals surface area contributed by atoms with E-state index in [-0.39, 0.29) is 0 Å². The number of hydrogen-bond donors (Lipinski definition) is 0. The summed E-state index contributed by atoms with van der Waals surface area (Å²) in [6, 6.07) is 6.44. The normalized spacial score (nSPS) is 10.8. The number of benzene rings is 1. The molecular formula is C20H34O. The van der Waals surface area contributed by atoms with Crippen molar-refractivity contribution in [3.8, 4) is 5.75 Å². The Kier molecular flexibility index (Phi) is 10.0. The maximum Gasteiger partial charge on any atom is 0.119 e. The van der Waals surface area contributed by atoms with Gasteiger partial charge in [-0.1, -0.05) is 70.8 Å². The van der Waals surface area contributed by atoms with Gasteiger partial charge in [0.15, 0.2) is 0 Å². The second kappa shape index (κ2) is 11.7. The topological polar surface area (TPSA) is 9.23 Å². The average Bonchev–Trinajstić information content (AvgIpc) is 2.44. The highest BCUT2D eigenvalue weighted by Gasteiger charge is 1.97. The molecule has 1 aromatic rings. The number of unbranched alkanes of at least 4 members (excludes halogenated alkanes) is 9. The first kappa shape index (κ1) is 18.1. The molecule has 1 aromatic carbocycles. The number of rotatable bonds is 12. The largest absolute Gasteiger partial charge is 0.494 e. The Morgan fingerprint density at radius 3 is 1.67 bits per heavy atom. The van der Waals surface area contributed by atoms with Crippen molar-refractivity contribution in [2.75, 3.05) is 6.61 Å². The minimum absolute atomic E-state index is 0.861. The van der Waals surface area contributed by atoms with Crippen molar-refractivity contribution in [3.63, 3.8) is 0 Å². The van der Waals surface area contributed by atoms with Gasteiger partial charge < -0.3 is 4.74 Å². The van der Waals surface area contributed by atoms with Crippen LogP contribution >= 0.6 is 0 Å². The van der Waals surface area contributed by atoms with Crippen LogP contribution in [-0.2, 0) is 0 Å². The molecule has 0 aliphatic carbocycles. The summed E-state index contributed by atoms with van der Waals surface area (Å²) in [7, 11) is 0. The third-order valence-electron chi connectivity index (χ3n) is 3.96. The minimum Gasteiger partial charge on any atom is -0.494 e. The van der Waals surface area contributed by atoms with Crippen molar-refractivity contribution in [1.29, 1.82) is 0 Å². The van der Waals surface area contributed by atoms with Crippen LogP contribution < -0.4 is 4.74 Å². The van der Waals surface area contributed by atoms with Gasteiger partial charge in [-0.3, -0.25) is 0 Å². The lowest BCUT2D eigenvalue weighted by atomic mass is 10.1. The lowest BCUT2D eigenvalue weighted by molar-refractivity contribution is 0.304. The van der Waals surface area contributed by atoms with E-state index in [1.165, 1.54) is 75.3 Å². The molecule has 0 aromatic heterocycles. The Bertz CT molecular complexity index is 350. The molecule has 1 rings (SSSR count). The van der Waals surface area contributed by atoms with Crippen molar-refractivity contribution in [2.45, 2.75) is 85.0 Å². The molecule has 0 saturated carbocycles. The third-order valence-corrected chi connectivity index (χ3v) is 3.96. The van der Waals surface area contributed by atoms with Crippen molar-refractivity contribution >= 4 is 0 Å². The maximum atomic E-state index is 5.84. The van der Waals surface area contributed by atoms with Gasteiger partial charge in [-0.2, -0.15) is 0 Å². The molecule has 0 aliphatic rings. The summed E-state index contributed by atoms with van der Waals surface area (Å²) in [5.74, 6) is 1.03. The molecule has 21 heavy (non-hydrogen) atoms. The van der Waals surface area contributed by atoms with E-state index in [0.29, 0.717) is 0 Å². The van der Waals surface area contributed by atoms with Gasteiger partial charge in [0.05, 0.1) is 6.61 Å². The van der Waals surface area contributed by atoms with E-state index in [4.69, 9.17) is 4.74 Å². The third kappa shape index (κ3) is 9.55. The second-order valence-electron chi connectivity index (χ2n) is 6.35. The molecule has 0 saturated heterocycles. The van der Waals surface area contributed by atoms with E-state index in [2.05, 4.69) is 39.0 Å². The summed E-state index contributed by atoms with van der Waals surface area (Å²) < 4.78 is 5.84. The van der Waals surface area contributed by atoms with Gasteiger partial charge in [0, 0.05) is 0 Å². The summed E-state index contributed by atoms with van der Waals surface area (Å²) in [6.45, 7) is 7.39. The summed E-state index contributed by atoms with van der Waals surface area (Å²) >= 11 is 0. The molecule has 0 atom stereocenters. The molecule has 0 fully saturated rings. The SMILES string of the molecule is CCCCCCCCCCCCOc1cc(C)cc(C)c1. The van der Waals surface area contributed by atoms with E-state index >= 15 is 0 Å². The molecule has 1 heteroatoms. The predicted octanol–water partition coefficient (Wildman–Crippen LogP) is 6.60. The van der Waals surface area contributed by atoms with E-state index in [0.717, 1.165) is 12.4 Å². The number of aryl methyl sites for hydroxylation is 2. The van der Waals surface area contributed by atoms with Crippen LogP contribution in [0.2, 0.25) is 0 Å². The Morgan fingerprint density at radius 1 is 0.667 bits per heavy atom. The van der Waals surface area contributed by atoms with Crippen molar-refractivity contribution in [2.24, 2.45) is 0 Å². The maximum absolute atomic E-state index is 5.84. The van der Waals surface area contributed by atoms with Crippen LogP contribution in [0.4, 0.5) is 0 Å². The van der Waals surface area contributed by atoms with Gasteiger partial charge >= 0.3 is 0 Å². The number of ether oxygens (including phenoxy) is 1. The highest BCUT2D eigenvalue weighted by Crippen LogP contribution is 2.17. The first-order chi connectivity index (χ1) is 10.2. The Morgan fingerprint density at radius 2 is 1.14 bits per heavy atom. The van der Waals surface area contributed by atoms with Crippen molar-refractivity contribution in [3.05, 3.63) is 29.3 Å². The van der Waals surface area contributed by atoms with Crippen LogP contribution in [0.3, 0.4) is 0 Å². The lowest BCUT2D eigenvalue weighted by Crippen LogP contribution is -1.98. The monoisotopic (exact) mass is 290 g/mol. The quantitative estimate of drug-likeness (QED) is 0.394. The van der Waals surface area contributed by atoms with E-state index in [1.54, 1.807) is 0 Å². The smallest absolute Gasteiger partial charge is 0.119 e. The summed E-state index contributed by atoms with van der Waals surface area (Å²) in [5, 5.41) is 0. The van der Waals surface area contributed by atoms with Crippen LogP contribution in [0.15, 0.2) is 18.2 Å². The van der Waals surface area contributed by atoms with Crippen LogP contribution in [0, 0.1) is 13.8 Å². The Labute approximate surface area is 132 Å². The van der Waals surface area contributed by atoms with Crippen LogP contribution in [0.1, 0.15) is 82.3 Å². The van der Waals surface area contributed by atoms with Gasteiger partial charge in [0.2, 0.25) is 0 Å². The van der Waals surface area contributed by atoms with E-state index < -0.39 is 0 Å². The van der Waals surface area contributed by atoms with Crippen LogP contribution in [0.25, 0.3) is 0 Å². The zero-order valence-electron chi connectivity index (χ0n) is 14.4. The van der Waals surface area contributed by atoms with Crippen LogP contribution in [0.5, 0.6) is 5.75 Å². The van der Waals surface area contributed by atoms with E-state index in [9.17, 15) is 0 Å². The molecule has 0 amide bonds. The van der Waals surface area contributed by atoms with Crippen LogP contribution in [-0.4, -0.2) is 6.61 Å². The molecule has 0 spiro atoms. The highest BCUT2D eigenvalue weighted by molar-refractivity contribution is 5.32. The lowest BCUT2D eigenvalue weighted by Gasteiger charge is -2.08. The average molecular weight is 290 g/mol. The van der Waals surface area contributed by atoms with E-state index in [1.807, 2.05) is 0 Å². The summed E-state index contributed by atoms with van der Waals surface area (Å²) in [6.07, 6.45) is 13.7. The molecule has 120 valence electrons. The first-order valence-corrected chi connectivity index (χ1v) is 8.93. The van der Waals surface area contributed by atoms with Gasteiger partial charge in [-0.15, -0.1) is 0 Å². The fourth-order valence-electron chi connectivity index (χ4n) is 2.80. The fourth-order valence-corrected chi connectivity index (χ4v) is 2.80. The van der Waals surface area contributed by atoms with Gasteiger partial charge in [0.25, 0.3) is 0 Å². The summed E-state index contributed by atoms with van der Waals surface area (Å²) in [5.41, 5.74) is 2.57. The highest BCUT2D eigenvalue weighted by atomic mass is 16.5. The molecule has 0 radical (unpaired) electrons. The Hall–Kier alpha value is -0.980. The second-order valence-corrected chi connectivity index (χ2v) is 6.35. The Balaban J connectivity index is 1.93. The zero-order chi connectivity index (χ0) is 15.3. The van der Waals surface area contributed by atoms with Crippen molar-refractivity contribution in [1.82, 2.24) is 0 Å². The molecular weight excluding hydrogens is 256 g/mol. The first-order valence-electron chi connectivity index (χ1n) is 8.93. The molecule has 0 bridgehead atoms. The minimum atomic E-state index is 0.861. The zero-order valence-corrected chi connectivity index (χ0v) is 14.4. The van der Waals surface area contributed by atoms with Gasteiger partial charge in [-0.25, -0.2) is 0 Å². The molecule has 1 nitrogen and oxygen atoms in total. The molecule has 0 N–H and O–H groups in total. The predicted molar refractivity (Wildman–Crippen MR) is 93.3 cm³/mol. The standard InChI is InChI=1S/C20H34O/c1-4-5-6-7-8-9-10-11-12-13-14-21-20-16-18(2)15-19(3)17-20/h15-17H,4-14H2,1-3H3. The van der Waals surface area contributed by atoms with Gasteiger partial charge in [-0.05, 0) is 43.5 Å².